The standard InChI is InChI=1S/C22H18BrN3/c1-16-6-8-18(9-7-16)15-26-21-5-3-2-4-20(21)25-22(26)24-14-17-10-12-19(23)13-11-17/h2-14H,15H2,1H3. The Morgan fingerprint density at radius 1 is 0.962 bits per heavy atom. The van der Waals surface area contributed by atoms with Gasteiger partial charge in [0.2, 0.25) is 5.95 Å². The number of aryl methyl sites for hydroxylation is 1. The van der Waals surface area contributed by atoms with Crippen LogP contribution in [0.25, 0.3) is 11.0 Å². The first-order valence-corrected chi connectivity index (χ1v) is 9.29. The minimum atomic E-state index is 0.717. The van der Waals surface area contributed by atoms with Crippen LogP contribution in [-0.4, -0.2) is 15.8 Å². The molecule has 3 nitrogen and oxygen atoms in total. The maximum absolute atomic E-state index is 4.71. The minimum Gasteiger partial charge on any atom is -0.304 e. The average molecular weight is 404 g/mol. The predicted molar refractivity (Wildman–Crippen MR) is 111 cm³/mol. The summed E-state index contributed by atoms with van der Waals surface area (Å²) in [7, 11) is 0. The molecule has 128 valence electrons. The van der Waals surface area contributed by atoms with Gasteiger partial charge in [0.25, 0.3) is 0 Å². The molecule has 0 saturated carbocycles. The van der Waals surface area contributed by atoms with E-state index >= 15 is 0 Å². The number of nitrogens with zero attached hydrogens (tertiary/aromatic N) is 3. The molecular formula is C22H18BrN3. The Morgan fingerprint density at radius 3 is 2.46 bits per heavy atom. The molecule has 0 aliphatic rings. The van der Waals surface area contributed by atoms with Gasteiger partial charge in [0.1, 0.15) is 0 Å². The van der Waals surface area contributed by atoms with Crippen molar-refractivity contribution in [2.75, 3.05) is 0 Å². The third kappa shape index (κ3) is 3.60. The molecule has 0 bridgehead atoms. The molecule has 4 heteroatoms. The highest BCUT2D eigenvalue weighted by Gasteiger charge is 2.09. The monoisotopic (exact) mass is 403 g/mol. The van der Waals surface area contributed by atoms with E-state index in [1.54, 1.807) is 0 Å². The van der Waals surface area contributed by atoms with Crippen molar-refractivity contribution in [3.05, 3.63) is 94.0 Å². The molecule has 0 fully saturated rings. The maximum atomic E-state index is 4.71. The van der Waals surface area contributed by atoms with Crippen LogP contribution in [0.3, 0.4) is 0 Å². The highest BCUT2D eigenvalue weighted by Crippen LogP contribution is 2.23. The van der Waals surface area contributed by atoms with Crippen molar-refractivity contribution in [1.29, 1.82) is 0 Å². The van der Waals surface area contributed by atoms with Crippen LogP contribution in [0.2, 0.25) is 0 Å². The highest BCUT2D eigenvalue weighted by atomic mass is 79.9. The molecule has 0 amide bonds. The number of benzene rings is 3. The number of imidazole rings is 1. The molecule has 0 spiro atoms. The number of para-hydroxylation sites is 2. The maximum Gasteiger partial charge on any atom is 0.230 e. The van der Waals surface area contributed by atoms with Gasteiger partial charge in [0, 0.05) is 10.7 Å². The second-order valence-corrected chi connectivity index (χ2v) is 7.20. The normalized spacial score (nSPS) is 11.5. The van der Waals surface area contributed by atoms with Crippen LogP contribution in [0.4, 0.5) is 5.95 Å². The number of aromatic nitrogens is 2. The van der Waals surface area contributed by atoms with Crippen LogP contribution in [0.1, 0.15) is 16.7 Å². The zero-order valence-corrected chi connectivity index (χ0v) is 16.0. The lowest BCUT2D eigenvalue weighted by Crippen LogP contribution is -1.99. The van der Waals surface area contributed by atoms with Gasteiger partial charge >= 0.3 is 0 Å². The topological polar surface area (TPSA) is 30.2 Å². The van der Waals surface area contributed by atoms with E-state index in [1.165, 1.54) is 11.1 Å². The van der Waals surface area contributed by atoms with Gasteiger partial charge in [-0.25, -0.2) is 9.98 Å². The molecule has 0 aliphatic carbocycles. The highest BCUT2D eigenvalue weighted by molar-refractivity contribution is 9.10. The van der Waals surface area contributed by atoms with Crippen LogP contribution in [0.5, 0.6) is 0 Å². The summed E-state index contributed by atoms with van der Waals surface area (Å²) in [5.74, 6) is 0.717. The van der Waals surface area contributed by atoms with E-state index in [0.29, 0.717) is 0 Å². The van der Waals surface area contributed by atoms with Gasteiger partial charge < -0.3 is 4.57 Å². The predicted octanol–water partition coefficient (Wildman–Crippen LogP) is 5.91. The van der Waals surface area contributed by atoms with E-state index in [0.717, 1.165) is 33.6 Å². The minimum absolute atomic E-state index is 0.717. The lowest BCUT2D eigenvalue weighted by atomic mass is 10.1. The average Bonchev–Trinajstić information content (AvgIpc) is 3.01. The first kappa shape index (κ1) is 16.7. The van der Waals surface area contributed by atoms with E-state index in [9.17, 15) is 0 Å². The van der Waals surface area contributed by atoms with Gasteiger partial charge in [0.05, 0.1) is 17.6 Å². The summed E-state index contributed by atoms with van der Waals surface area (Å²) in [6.45, 7) is 2.85. The summed E-state index contributed by atoms with van der Waals surface area (Å²) in [5, 5.41) is 0. The molecule has 1 aromatic heterocycles. The first-order valence-electron chi connectivity index (χ1n) is 8.49. The number of halogens is 1. The molecule has 0 N–H and O–H groups in total. The second kappa shape index (κ2) is 7.26. The Balaban J connectivity index is 1.73. The van der Waals surface area contributed by atoms with Gasteiger partial charge in [-0.15, -0.1) is 0 Å². The molecule has 0 aliphatic heterocycles. The summed E-state index contributed by atoms with van der Waals surface area (Å²) in [5.41, 5.74) is 5.59. The van der Waals surface area contributed by atoms with Crippen molar-refractivity contribution in [2.45, 2.75) is 13.5 Å². The summed E-state index contributed by atoms with van der Waals surface area (Å²) >= 11 is 3.46. The van der Waals surface area contributed by atoms with Gasteiger partial charge in [-0.3, -0.25) is 0 Å². The molecule has 3 aromatic carbocycles. The van der Waals surface area contributed by atoms with E-state index in [1.807, 2.05) is 48.7 Å². The van der Waals surface area contributed by atoms with Crippen molar-refractivity contribution in [3.63, 3.8) is 0 Å². The smallest absolute Gasteiger partial charge is 0.230 e. The fourth-order valence-corrected chi connectivity index (χ4v) is 3.14. The Hall–Kier alpha value is -2.72. The molecule has 4 rings (SSSR count). The summed E-state index contributed by atoms with van der Waals surface area (Å²) in [6.07, 6.45) is 1.86. The molecule has 1 heterocycles. The molecule has 0 saturated heterocycles. The summed E-state index contributed by atoms with van der Waals surface area (Å²) < 4.78 is 3.22. The van der Waals surface area contributed by atoms with Crippen LogP contribution < -0.4 is 0 Å². The summed E-state index contributed by atoms with van der Waals surface area (Å²) in [6, 6.07) is 24.8. The third-order valence-electron chi connectivity index (χ3n) is 4.29. The fourth-order valence-electron chi connectivity index (χ4n) is 2.87. The van der Waals surface area contributed by atoms with Crippen molar-refractivity contribution in [1.82, 2.24) is 9.55 Å². The van der Waals surface area contributed by atoms with E-state index in [2.05, 4.69) is 62.7 Å². The van der Waals surface area contributed by atoms with E-state index in [-0.39, 0.29) is 0 Å². The van der Waals surface area contributed by atoms with Crippen molar-refractivity contribution < 1.29 is 0 Å². The third-order valence-corrected chi connectivity index (χ3v) is 4.82. The molecule has 0 radical (unpaired) electrons. The molecule has 4 aromatic rings. The van der Waals surface area contributed by atoms with Crippen molar-refractivity contribution >= 4 is 39.1 Å². The zero-order chi connectivity index (χ0) is 17.9. The molecule has 0 unspecified atom stereocenters. The molecule has 26 heavy (non-hydrogen) atoms. The lowest BCUT2D eigenvalue weighted by Gasteiger charge is -2.07. The largest absolute Gasteiger partial charge is 0.304 e. The Morgan fingerprint density at radius 2 is 1.69 bits per heavy atom. The molecule has 0 atom stereocenters. The Bertz CT molecular complexity index is 1060. The van der Waals surface area contributed by atoms with Gasteiger partial charge in [-0.05, 0) is 42.3 Å². The van der Waals surface area contributed by atoms with Crippen molar-refractivity contribution in [3.8, 4) is 0 Å². The molecular weight excluding hydrogens is 386 g/mol. The SMILES string of the molecule is Cc1ccc(Cn2c(N=Cc3ccc(Br)cc3)nc3ccccc32)cc1. The van der Waals surface area contributed by atoms with Crippen LogP contribution >= 0.6 is 15.9 Å². The van der Waals surface area contributed by atoms with Crippen LogP contribution in [0, 0.1) is 6.92 Å². The van der Waals surface area contributed by atoms with Gasteiger partial charge in [-0.1, -0.05) is 70.0 Å². The zero-order valence-electron chi connectivity index (χ0n) is 14.4. The number of hydrogen-bond donors (Lipinski definition) is 0. The number of aliphatic imine (C=N–C) groups is 1. The Labute approximate surface area is 161 Å². The van der Waals surface area contributed by atoms with Crippen molar-refractivity contribution in [2.24, 2.45) is 4.99 Å². The van der Waals surface area contributed by atoms with E-state index in [4.69, 9.17) is 4.98 Å². The Kier molecular flexibility index (Phi) is 4.67. The van der Waals surface area contributed by atoms with Crippen LogP contribution in [-0.2, 0) is 6.54 Å². The fraction of sp³-hybridized carbons (Fsp3) is 0.0909. The number of hydrogen-bond acceptors (Lipinski definition) is 2. The van der Waals surface area contributed by atoms with Crippen LogP contribution in [0.15, 0.2) is 82.3 Å². The van der Waals surface area contributed by atoms with E-state index < -0.39 is 0 Å². The first-order chi connectivity index (χ1) is 12.7. The number of fused-ring (bicyclic) bond motifs is 1. The lowest BCUT2D eigenvalue weighted by molar-refractivity contribution is 0.827. The quantitative estimate of drug-likeness (QED) is 0.389. The summed E-state index contributed by atoms with van der Waals surface area (Å²) in [4.78, 5) is 9.38. The number of rotatable bonds is 4. The van der Waals surface area contributed by atoms with Gasteiger partial charge in [0.15, 0.2) is 0 Å². The van der Waals surface area contributed by atoms with Gasteiger partial charge in [-0.2, -0.15) is 0 Å². The second-order valence-electron chi connectivity index (χ2n) is 6.28.